The van der Waals surface area contributed by atoms with Gasteiger partial charge in [0.05, 0.1) is 12.7 Å². The van der Waals surface area contributed by atoms with E-state index in [1.807, 2.05) is 12.3 Å². The molecule has 1 fully saturated rings. The summed E-state index contributed by atoms with van der Waals surface area (Å²) < 4.78 is 11.2. The third-order valence-electron chi connectivity index (χ3n) is 2.02. The maximum absolute atomic E-state index is 5.64. The lowest BCUT2D eigenvalue weighted by Gasteiger charge is -2.19. The second kappa shape index (κ2) is 3.34. The molecule has 2 rings (SSSR count). The lowest BCUT2D eigenvalue weighted by atomic mass is 10.3. The van der Waals surface area contributed by atoms with E-state index in [9.17, 15) is 0 Å². The van der Waals surface area contributed by atoms with Crippen molar-refractivity contribution < 1.29 is 9.47 Å². The minimum absolute atomic E-state index is 0.00565. The minimum Gasteiger partial charge on any atom is -0.341 e. The Kier molecular flexibility index (Phi) is 2.33. The number of nitrogens with two attached hydrogens (primary N) is 1. The van der Waals surface area contributed by atoms with E-state index in [-0.39, 0.29) is 6.10 Å². The molecule has 5 heteroatoms. The van der Waals surface area contributed by atoms with Crippen molar-refractivity contribution in [3.63, 3.8) is 0 Å². The minimum atomic E-state index is -0.682. The Bertz CT molecular complexity index is 278. The van der Waals surface area contributed by atoms with Crippen molar-refractivity contribution in [1.29, 1.82) is 0 Å². The summed E-state index contributed by atoms with van der Waals surface area (Å²) in [5, 5.41) is 2.76. The van der Waals surface area contributed by atoms with Gasteiger partial charge in [-0.2, -0.15) is 0 Å². The van der Waals surface area contributed by atoms with Gasteiger partial charge < -0.3 is 15.2 Å². The fraction of sp³-hybridized carbons (Fsp3) is 0.625. The molecular weight excluding hydrogens is 188 g/mol. The van der Waals surface area contributed by atoms with Crippen LogP contribution in [0, 0.1) is 0 Å². The summed E-state index contributed by atoms with van der Waals surface area (Å²) in [5.41, 5.74) is 5.49. The van der Waals surface area contributed by atoms with Crippen LogP contribution in [-0.2, 0) is 15.3 Å². The van der Waals surface area contributed by atoms with Gasteiger partial charge in [0, 0.05) is 18.1 Å². The fourth-order valence-electron chi connectivity index (χ4n) is 1.31. The van der Waals surface area contributed by atoms with E-state index in [2.05, 4.69) is 4.98 Å². The molecule has 2 N–H and O–H groups in total. The van der Waals surface area contributed by atoms with Gasteiger partial charge in [-0.1, -0.05) is 0 Å². The first-order chi connectivity index (χ1) is 6.24. The van der Waals surface area contributed by atoms with Crippen molar-refractivity contribution in [1.82, 2.24) is 4.98 Å². The summed E-state index contributed by atoms with van der Waals surface area (Å²) in [6, 6.07) is 0. The SMILES string of the molecule is CC1(c2nccs2)OCC(CN)O1. The molecule has 4 nitrogen and oxygen atoms in total. The second-order valence-corrected chi connectivity index (χ2v) is 3.96. The number of hydrogen-bond acceptors (Lipinski definition) is 5. The first-order valence-corrected chi connectivity index (χ1v) is 5.04. The van der Waals surface area contributed by atoms with Crippen LogP contribution in [0.1, 0.15) is 11.9 Å². The predicted molar refractivity (Wildman–Crippen MR) is 49.3 cm³/mol. The highest BCUT2D eigenvalue weighted by Crippen LogP contribution is 2.34. The Morgan fingerprint density at radius 1 is 1.85 bits per heavy atom. The number of rotatable bonds is 2. The molecule has 1 saturated heterocycles. The fourth-order valence-corrected chi connectivity index (χ4v) is 2.01. The second-order valence-electron chi connectivity index (χ2n) is 3.07. The lowest BCUT2D eigenvalue weighted by Crippen LogP contribution is -2.27. The van der Waals surface area contributed by atoms with Crippen LogP contribution in [-0.4, -0.2) is 24.2 Å². The largest absolute Gasteiger partial charge is 0.341 e. The number of aromatic nitrogens is 1. The van der Waals surface area contributed by atoms with E-state index in [4.69, 9.17) is 15.2 Å². The van der Waals surface area contributed by atoms with E-state index < -0.39 is 5.79 Å². The van der Waals surface area contributed by atoms with Crippen molar-refractivity contribution >= 4 is 11.3 Å². The van der Waals surface area contributed by atoms with E-state index in [1.54, 1.807) is 6.20 Å². The maximum Gasteiger partial charge on any atom is 0.219 e. The summed E-state index contributed by atoms with van der Waals surface area (Å²) in [6.07, 6.45) is 1.74. The van der Waals surface area contributed by atoms with Crippen LogP contribution in [0.3, 0.4) is 0 Å². The summed E-state index contributed by atoms with van der Waals surface area (Å²) in [5.74, 6) is -0.682. The number of nitrogens with zero attached hydrogens (tertiary/aromatic N) is 1. The monoisotopic (exact) mass is 200 g/mol. The Morgan fingerprint density at radius 2 is 2.69 bits per heavy atom. The topological polar surface area (TPSA) is 57.4 Å². The molecule has 13 heavy (non-hydrogen) atoms. The number of thiazole rings is 1. The highest BCUT2D eigenvalue weighted by Gasteiger charge is 2.40. The first kappa shape index (κ1) is 9.08. The molecule has 72 valence electrons. The standard InChI is InChI=1S/C8H12N2O2S/c1-8(7-10-2-3-13-7)11-5-6(4-9)12-8/h2-3,6H,4-5,9H2,1H3. The molecule has 1 aliphatic rings. The van der Waals surface area contributed by atoms with Crippen molar-refractivity contribution in [3.8, 4) is 0 Å². The predicted octanol–water partition coefficient (Wildman–Crippen LogP) is 0.690. The van der Waals surface area contributed by atoms with E-state index in [1.165, 1.54) is 11.3 Å². The molecule has 0 amide bonds. The highest BCUT2D eigenvalue weighted by atomic mass is 32.1. The molecule has 0 saturated carbocycles. The van der Waals surface area contributed by atoms with Gasteiger partial charge in [-0.15, -0.1) is 11.3 Å². The van der Waals surface area contributed by atoms with Crippen LogP contribution >= 0.6 is 11.3 Å². The van der Waals surface area contributed by atoms with Gasteiger partial charge in [-0.05, 0) is 6.92 Å². The highest BCUT2D eigenvalue weighted by molar-refractivity contribution is 7.09. The van der Waals surface area contributed by atoms with E-state index in [0.29, 0.717) is 13.2 Å². The summed E-state index contributed by atoms with van der Waals surface area (Å²) in [6.45, 7) is 2.91. The van der Waals surface area contributed by atoms with Crippen molar-refractivity contribution in [2.24, 2.45) is 5.73 Å². The average molecular weight is 200 g/mol. The summed E-state index contributed by atoms with van der Waals surface area (Å²) >= 11 is 1.53. The molecule has 0 bridgehead atoms. The zero-order valence-electron chi connectivity index (χ0n) is 7.40. The Balaban J connectivity index is 2.15. The number of hydrogen-bond donors (Lipinski definition) is 1. The maximum atomic E-state index is 5.64. The molecule has 1 aliphatic heterocycles. The third-order valence-corrected chi connectivity index (χ3v) is 2.98. The van der Waals surface area contributed by atoms with Crippen molar-refractivity contribution in [2.45, 2.75) is 18.8 Å². The van der Waals surface area contributed by atoms with Gasteiger partial charge in [0.2, 0.25) is 5.79 Å². The molecular formula is C8H12N2O2S. The van der Waals surface area contributed by atoms with Crippen molar-refractivity contribution in [3.05, 3.63) is 16.6 Å². The quantitative estimate of drug-likeness (QED) is 0.763. The number of ether oxygens (including phenoxy) is 2. The Hall–Kier alpha value is -0.490. The zero-order valence-corrected chi connectivity index (χ0v) is 8.21. The molecule has 2 atom stereocenters. The van der Waals surface area contributed by atoms with Gasteiger partial charge in [0.25, 0.3) is 0 Å². The molecule has 1 aromatic heterocycles. The van der Waals surface area contributed by atoms with Gasteiger partial charge in [0.15, 0.2) is 5.01 Å². The Labute approximate surface area is 80.7 Å². The Morgan fingerprint density at radius 3 is 3.23 bits per heavy atom. The molecule has 0 spiro atoms. The van der Waals surface area contributed by atoms with Gasteiger partial charge in [0.1, 0.15) is 0 Å². The first-order valence-electron chi connectivity index (χ1n) is 4.16. The van der Waals surface area contributed by atoms with Crippen LogP contribution in [0.2, 0.25) is 0 Å². The molecule has 1 aromatic rings. The smallest absolute Gasteiger partial charge is 0.219 e. The van der Waals surface area contributed by atoms with Crippen LogP contribution < -0.4 is 5.73 Å². The van der Waals surface area contributed by atoms with Crippen molar-refractivity contribution in [2.75, 3.05) is 13.2 Å². The van der Waals surface area contributed by atoms with E-state index in [0.717, 1.165) is 5.01 Å². The van der Waals surface area contributed by atoms with Gasteiger partial charge in [-0.3, -0.25) is 0 Å². The average Bonchev–Trinajstić information content (AvgIpc) is 2.72. The van der Waals surface area contributed by atoms with Crippen LogP contribution in [0.25, 0.3) is 0 Å². The van der Waals surface area contributed by atoms with Crippen LogP contribution in [0.15, 0.2) is 11.6 Å². The summed E-state index contributed by atoms with van der Waals surface area (Å²) in [7, 11) is 0. The van der Waals surface area contributed by atoms with Gasteiger partial charge in [-0.25, -0.2) is 4.98 Å². The lowest BCUT2D eigenvalue weighted by molar-refractivity contribution is -0.160. The zero-order chi connectivity index (χ0) is 9.31. The molecule has 2 unspecified atom stereocenters. The van der Waals surface area contributed by atoms with Gasteiger partial charge >= 0.3 is 0 Å². The van der Waals surface area contributed by atoms with E-state index >= 15 is 0 Å². The molecule has 0 aliphatic carbocycles. The normalized spacial score (nSPS) is 33.8. The molecule has 0 radical (unpaired) electrons. The third kappa shape index (κ3) is 1.60. The molecule has 0 aromatic carbocycles. The van der Waals surface area contributed by atoms with Crippen LogP contribution in [0.5, 0.6) is 0 Å². The molecule has 2 heterocycles. The summed E-state index contributed by atoms with van der Waals surface area (Å²) in [4.78, 5) is 4.17. The van der Waals surface area contributed by atoms with Crippen LogP contribution in [0.4, 0.5) is 0 Å².